The lowest BCUT2D eigenvalue weighted by Crippen LogP contribution is -1.83. The minimum atomic E-state index is 0.613. The standard InChI is InChI=1S/C10H6ClNO/c11-9-3-4-12-10-5-7(6-13)1-2-8(9)10/h1-6H. The first-order valence-electron chi connectivity index (χ1n) is 3.81. The molecule has 0 atom stereocenters. The molecular formula is C10H6ClNO. The number of benzene rings is 1. The van der Waals surface area contributed by atoms with Crippen LogP contribution in [0.1, 0.15) is 10.4 Å². The molecule has 3 heteroatoms. The zero-order valence-corrected chi connectivity index (χ0v) is 7.45. The quantitative estimate of drug-likeness (QED) is 0.649. The number of pyridine rings is 1. The van der Waals surface area contributed by atoms with Gasteiger partial charge in [0.15, 0.2) is 0 Å². The van der Waals surface area contributed by atoms with Crippen LogP contribution in [-0.4, -0.2) is 11.3 Å². The van der Waals surface area contributed by atoms with E-state index < -0.39 is 0 Å². The third-order valence-corrected chi connectivity index (χ3v) is 2.18. The molecule has 13 heavy (non-hydrogen) atoms. The van der Waals surface area contributed by atoms with Gasteiger partial charge < -0.3 is 0 Å². The summed E-state index contributed by atoms with van der Waals surface area (Å²) < 4.78 is 0. The molecule has 0 bridgehead atoms. The third-order valence-electron chi connectivity index (χ3n) is 1.85. The monoisotopic (exact) mass is 191 g/mol. The molecular weight excluding hydrogens is 186 g/mol. The Hall–Kier alpha value is -1.41. The number of carbonyl (C=O) groups excluding carboxylic acids is 1. The second-order valence-corrected chi connectivity index (χ2v) is 3.09. The predicted molar refractivity (Wildman–Crippen MR) is 52.1 cm³/mol. The topological polar surface area (TPSA) is 30.0 Å². The van der Waals surface area contributed by atoms with Crippen LogP contribution in [0.5, 0.6) is 0 Å². The molecule has 0 aliphatic heterocycles. The third kappa shape index (κ3) is 1.40. The number of aromatic nitrogens is 1. The Morgan fingerprint density at radius 2 is 2.15 bits per heavy atom. The summed E-state index contributed by atoms with van der Waals surface area (Å²) in [6, 6.07) is 6.97. The molecule has 2 nitrogen and oxygen atoms in total. The van der Waals surface area contributed by atoms with Crippen LogP contribution in [-0.2, 0) is 0 Å². The molecule has 0 unspecified atom stereocenters. The first kappa shape index (κ1) is 8.20. The van der Waals surface area contributed by atoms with E-state index in [1.165, 1.54) is 0 Å². The van der Waals surface area contributed by atoms with Crippen molar-refractivity contribution in [3.05, 3.63) is 41.0 Å². The molecule has 1 aromatic carbocycles. The Bertz CT molecular complexity index is 467. The predicted octanol–water partition coefficient (Wildman–Crippen LogP) is 2.70. The van der Waals surface area contributed by atoms with Crippen molar-refractivity contribution in [1.29, 1.82) is 0 Å². The van der Waals surface area contributed by atoms with E-state index in [1.807, 2.05) is 0 Å². The fraction of sp³-hybridized carbons (Fsp3) is 0. The van der Waals surface area contributed by atoms with E-state index in [1.54, 1.807) is 30.5 Å². The molecule has 0 radical (unpaired) electrons. The van der Waals surface area contributed by atoms with Crippen LogP contribution in [0.3, 0.4) is 0 Å². The van der Waals surface area contributed by atoms with Gasteiger partial charge in [0, 0.05) is 17.1 Å². The molecule has 2 aromatic rings. The average Bonchev–Trinajstić information content (AvgIpc) is 2.18. The molecule has 0 amide bonds. The molecule has 0 saturated heterocycles. The van der Waals surface area contributed by atoms with E-state index in [9.17, 15) is 4.79 Å². The van der Waals surface area contributed by atoms with Crippen LogP contribution in [0.4, 0.5) is 0 Å². The molecule has 0 N–H and O–H groups in total. The van der Waals surface area contributed by atoms with Crippen molar-refractivity contribution in [2.75, 3.05) is 0 Å². The molecule has 0 fully saturated rings. The highest BCUT2D eigenvalue weighted by Gasteiger charge is 1.99. The van der Waals surface area contributed by atoms with Crippen LogP contribution in [0.15, 0.2) is 30.5 Å². The molecule has 0 aliphatic carbocycles. The Labute approximate surface area is 80.2 Å². The lowest BCUT2D eigenvalue weighted by Gasteiger charge is -1.98. The number of nitrogens with zero attached hydrogens (tertiary/aromatic N) is 1. The van der Waals surface area contributed by atoms with Gasteiger partial charge in [0.05, 0.1) is 10.5 Å². The van der Waals surface area contributed by atoms with E-state index in [0.717, 1.165) is 17.2 Å². The summed E-state index contributed by atoms with van der Waals surface area (Å²) in [5, 5.41) is 1.53. The van der Waals surface area contributed by atoms with Crippen molar-refractivity contribution >= 4 is 28.8 Å². The van der Waals surface area contributed by atoms with Gasteiger partial charge in [0.25, 0.3) is 0 Å². The first-order chi connectivity index (χ1) is 6.31. The summed E-state index contributed by atoms with van der Waals surface area (Å²) in [6.07, 6.45) is 2.42. The van der Waals surface area contributed by atoms with Crippen molar-refractivity contribution < 1.29 is 4.79 Å². The first-order valence-corrected chi connectivity index (χ1v) is 4.18. The molecule has 0 spiro atoms. The van der Waals surface area contributed by atoms with E-state index in [2.05, 4.69) is 4.98 Å². The maximum Gasteiger partial charge on any atom is 0.150 e. The van der Waals surface area contributed by atoms with Gasteiger partial charge in [-0.1, -0.05) is 23.7 Å². The highest BCUT2D eigenvalue weighted by atomic mass is 35.5. The van der Waals surface area contributed by atoms with Crippen LogP contribution in [0.2, 0.25) is 5.02 Å². The summed E-state index contributed by atoms with van der Waals surface area (Å²) in [7, 11) is 0. The Kier molecular flexibility index (Phi) is 1.99. The number of carbonyl (C=O) groups is 1. The lowest BCUT2D eigenvalue weighted by atomic mass is 10.1. The van der Waals surface area contributed by atoms with Gasteiger partial charge in [0.2, 0.25) is 0 Å². The average molecular weight is 192 g/mol. The van der Waals surface area contributed by atoms with E-state index in [-0.39, 0.29) is 0 Å². The maximum absolute atomic E-state index is 10.5. The van der Waals surface area contributed by atoms with Gasteiger partial charge in [-0.25, -0.2) is 0 Å². The van der Waals surface area contributed by atoms with E-state index in [0.29, 0.717) is 10.6 Å². The van der Waals surface area contributed by atoms with Crippen LogP contribution in [0.25, 0.3) is 10.9 Å². The van der Waals surface area contributed by atoms with Crippen LogP contribution < -0.4 is 0 Å². The summed E-state index contributed by atoms with van der Waals surface area (Å²) in [6.45, 7) is 0. The van der Waals surface area contributed by atoms with Crippen molar-refractivity contribution in [2.24, 2.45) is 0 Å². The molecule has 1 aromatic heterocycles. The van der Waals surface area contributed by atoms with Crippen molar-refractivity contribution in [3.63, 3.8) is 0 Å². The molecule has 2 rings (SSSR count). The highest BCUT2D eigenvalue weighted by Crippen LogP contribution is 2.21. The number of halogens is 1. The second kappa shape index (κ2) is 3.15. The van der Waals surface area contributed by atoms with Gasteiger partial charge in [0.1, 0.15) is 6.29 Å². The molecule has 0 aliphatic rings. The highest BCUT2D eigenvalue weighted by molar-refractivity contribution is 6.35. The summed E-state index contributed by atoms with van der Waals surface area (Å²) >= 11 is 5.92. The molecule has 1 heterocycles. The van der Waals surface area contributed by atoms with E-state index >= 15 is 0 Å². The van der Waals surface area contributed by atoms with Crippen molar-refractivity contribution in [1.82, 2.24) is 4.98 Å². The fourth-order valence-electron chi connectivity index (χ4n) is 1.20. The Morgan fingerprint density at radius 1 is 1.31 bits per heavy atom. The number of fused-ring (bicyclic) bond motifs is 1. The Morgan fingerprint density at radius 3 is 2.92 bits per heavy atom. The van der Waals surface area contributed by atoms with Crippen LogP contribution in [0, 0.1) is 0 Å². The maximum atomic E-state index is 10.5. The molecule has 0 saturated carbocycles. The lowest BCUT2D eigenvalue weighted by molar-refractivity contribution is 0.112. The van der Waals surface area contributed by atoms with Gasteiger partial charge >= 0.3 is 0 Å². The van der Waals surface area contributed by atoms with Gasteiger partial charge in [-0.15, -0.1) is 0 Å². The van der Waals surface area contributed by atoms with Crippen molar-refractivity contribution in [2.45, 2.75) is 0 Å². The number of hydrogen-bond acceptors (Lipinski definition) is 2. The fourth-order valence-corrected chi connectivity index (χ4v) is 1.42. The number of aldehydes is 1. The molecule has 64 valence electrons. The SMILES string of the molecule is O=Cc1ccc2c(Cl)ccnc2c1. The van der Waals surface area contributed by atoms with Gasteiger partial charge in [-0.2, -0.15) is 0 Å². The zero-order chi connectivity index (χ0) is 9.26. The summed E-state index contributed by atoms with van der Waals surface area (Å²) in [5.74, 6) is 0. The largest absolute Gasteiger partial charge is 0.298 e. The summed E-state index contributed by atoms with van der Waals surface area (Å²) in [5.41, 5.74) is 1.36. The van der Waals surface area contributed by atoms with Crippen molar-refractivity contribution in [3.8, 4) is 0 Å². The summed E-state index contributed by atoms with van der Waals surface area (Å²) in [4.78, 5) is 14.6. The van der Waals surface area contributed by atoms with E-state index in [4.69, 9.17) is 11.6 Å². The Balaban J connectivity index is 2.79. The smallest absolute Gasteiger partial charge is 0.150 e. The zero-order valence-electron chi connectivity index (χ0n) is 6.70. The minimum absolute atomic E-state index is 0.613. The van der Waals surface area contributed by atoms with Gasteiger partial charge in [-0.3, -0.25) is 9.78 Å². The normalized spacial score (nSPS) is 10.2. The number of rotatable bonds is 1. The minimum Gasteiger partial charge on any atom is -0.298 e. The van der Waals surface area contributed by atoms with Gasteiger partial charge in [-0.05, 0) is 12.1 Å². The van der Waals surface area contributed by atoms with Crippen LogP contribution >= 0.6 is 11.6 Å². The number of hydrogen-bond donors (Lipinski definition) is 0. The second-order valence-electron chi connectivity index (χ2n) is 2.69.